The smallest absolute Gasteiger partial charge is 0.339 e. The summed E-state index contributed by atoms with van der Waals surface area (Å²) in [6, 6.07) is 15.0. The number of hydrogen-bond donors (Lipinski definition) is 2. The number of nitrogens with one attached hydrogen (secondary N) is 2. The fraction of sp³-hybridized carbons (Fsp3) is 0.346. The van der Waals surface area contributed by atoms with Gasteiger partial charge in [-0.3, -0.25) is 4.79 Å². The minimum absolute atomic E-state index is 0.0295. The van der Waals surface area contributed by atoms with Crippen LogP contribution < -0.4 is 10.9 Å². The number of fused-ring (bicyclic) bond motifs is 1. The van der Waals surface area contributed by atoms with Crippen LogP contribution in [0.3, 0.4) is 0 Å². The van der Waals surface area contributed by atoms with Crippen LogP contribution in [-0.2, 0) is 22.4 Å². The van der Waals surface area contributed by atoms with Crippen LogP contribution in [0.25, 0.3) is 10.9 Å². The van der Waals surface area contributed by atoms with E-state index in [4.69, 9.17) is 21.7 Å². The zero-order valence-electron chi connectivity index (χ0n) is 19.4. The number of benzene rings is 2. The molecule has 2 N–H and O–H groups in total. The van der Waals surface area contributed by atoms with Crippen molar-refractivity contribution in [1.29, 1.82) is 0 Å². The number of ether oxygens (including phenoxy) is 2. The minimum Gasteiger partial charge on any atom is -0.465 e. The molecule has 7 nitrogen and oxygen atoms in total. The molecule has 8 heteroatoms. The van der Waals surface area contributed by atoms with Crippen LogP contribution in [-0.4, -0.2) is 47.3 Å². The van der Waals surface area contributed by atoms with Crippen molar-refractivity contribution < 1.29 is 14.3 Å². The molecule has 0 bridgehead atoms. The molecule has 0 saturated carbocycles. The van der Waals surface area contributed by atoms with Crippen LogP contribution in [0.5, 0.6) is 0 Å². The van der Waals surface area contributed by atoms with Gasteiger partial charge in [-0.25, -0.2) is 4.79 Å². The Morgan fingerprint density at radius 2 is 2.09 bits per heavy atom. The van der Waals surface area contributed by atoms with E-state index in [-0.39, 0.29) is 11.7 Å². The molecule has 1 aliphatic heterocycles. The zero-order chi connectivity index (χ0) is 24.1. The molecule has 1 atom stereocenters. The highest BCUT2D eigenvalue weighted by atomic mass is 32.1. The number of aromatic nitrogens is 1. The van der Waals surface area contributed by atoms with E-state index in [0.29, 0.717) is 35.0 Å². The van der Waals surface area contributed by atoms with Gasteiger partial charge in [0.2, 0.25) is 0 Å². The van der Waals surface area contributed by atoms with Crippen LogP contribution in [0.4, 0.5) is 5.69 Å². The molecule has 0 amide bonds. The fourth-order valence-electron chi connectivity index (χ4n) is 4.17. The van der Waals surface area contributed by atoms with Gasteiger partial charge in [0.25, 0.3) is 5.56 Å². The first kappa shape index (κ1) is 23.9. The van der Waals surface area contributed by atoms with Gasteiger partial charge in [0.05, 0.1) is 31.0 Å². The third-order valence-electron chi connectivity index (χ3n) is 6.06. The normalized spacial score (nSPS) is 15.3. The number of pyridine rings is 1. The second kappa shape index (κ2) is 10.8. The van der Waals surface area contributed by atoms with Crippen molar-refractivity contribution in [2.45, 2.75) is 38.8 Å². The Kier molecular flexibility index (Phi) is 7.59. The third-order valence-corrected chi connectivity index (χ3v) is 6.42. The lowest BCUT2D eigenvalue weighted by molar-refractivity contribution is 0.0602. The van der Waals surface area contributed by atoms with Crippen molar-refractivity contribution >= 4 is 39.9 Å². The number of aromatic amines is 1. The van der Waals surface area contributed by atoms with Crippen molar-refractivity contribution in [3.8, 4) is 0 Å². The summed E-state index contributed by atoms with van der Waals surface area (Å²) in [6.07, 6.45) is 2.89. The highest BCUT2D eigenvalue weighted by Gasteiger charge is 2.23. The van der Waals surface area contributed by atoms with Crippen molar-refractivity contribution in [3.05, 3.63) is 75.6 Å². The van der Waals surface area contributed by atoms with Gasteiger partial charge in [0, 0.05) is 24.2 Å². The number of esters is 1. The van der Waals surface area contributed by atoms with Gasteiger partial charge in [-0.2, -0.15) is 0 Å². The van der Waals surface area contributed by atoms with Crippen LogP contribution in [0.15, 0.2) is 53.3 Å². The molecule has 1 aliphatic rings. The maximum atomic E-state index is 12.9. The van der Waals surface area contributed by atoms with Crippen LogP contribution in [0.2, 0.25) is 0 Å². The van der Waals surface area contributed by atoms with Gasteiger partial charge in [0.15, 0.2) is 5.11 Å². The van der Waals surface area contributed by atoms with Gasteiger partial charge in [-0.05, 0) is 72.8 Å². The van der Waals surface area contributed by atoms with Crippen LogP contribution >= 0.6 is 12.2 Å². The largest absolute Gasteiger partial charge is 0.465 e. The quantitative estimate of drug-likeness (QED) is 0.387. The number of H-pyrrole nitrogens is 1. The number of thiocarbonyl (C=S) groups is 1. The summed E-state index contributed by atoms with van der Waals surface area (Å²) in [7, 11) is 1.34. The molecule has 34 heavy (non-hydrogen) atoms. The first-order valence-electron chi connectivity index (χ1n) is 11.5. The molecule has 0 spiro atoms. The van der Waals surface area contributed by atoms with Gasteiger partial charge in [-0.1, -0.05) is 25.1 Å². The molecule has 0 radical (unpaired) electrons. The highest BCUT2D eigenvalue weighted by Crippen LogP contribution is 2.20. The fourth-order valence-corrected chi connectivity index (χ4v) is 4.42. The monoisotopic (exact) mass is 479 g/mol. The first-order valence-corrected chi connectivity index (χ1v) is 11.9. The maximum Gasteiger partial charge on any atom is 0.339 e. The first-order chi connectivity index (χ1) is 16.5. The molecule has 0 aliphatic carbocycles. The second-order valence-corrected chi connectivity index (χ2v) is 8.77. The summed E-state index contributed by atoms with van der Waals surface area (Å²) in [6.45, 7) is 3.68. The number of carbonyl (C=O) groups excluding carboxylic acids is 1. The summed E-state index contributed by atoms with van der Waals surface area (Å²) >= 11 is 5.75. The van der Waals surface area contributed by atoms with Gasteiger partial charge < -0.3 is 24.7 Å². The number of carbonyl (C=O) groups is 1. The van der Waals surface area contributed by atoms with E-state index in [0.717, 1.165) is 36.8 Å². The standard InChI is InChI=1S/C26H29N3O4S/c1-3-17-10-11-22-18(13-17)14-19(24(30)27-22)15-29(16-20-7-6-12-33-20)26(34)28-23-9-5-4-8-21(23)25(31)32-2/h4-5,8-11,13-14,20H,3,6-7,12,15-16H2,1-2H3,(H,27,30)(H,28,34)/t20-/m0/s1. The highest BCUT2D eigenvalue weighted by molar-refractivity contribution is 7.80. The lowest BCUT2D eigenvalue weighted by Gasteiger charge is -2.28. The Morgan fingerprint density at radius 3 is 2.82 bits per heavy atom. The van der Waals surface area contributed by atoms with Crippen molar-refractivity contribution in [2.24, 2.45) is 0 Å². The molecule has 178 valence electrons. The average Bonchev–Trinajstić information content (AvgIpc) is 3.36. The molecule has 1 fully saturated rings. The van der Waals surface area contributed by atoms with Crippen molar-refractivity contribution in [1.82, 2.24) is 9.88 Å². The molecule has 2 heterocycles. The molecule has 4 rings (SSSR count). The van der Waals surface area contributed by atoms with Crippen LogP contribution in [0.1, 0.15) is 41.3 Å². The number of aryl methyl sites for hydroxylation is 1. The lowest BCUT2D eigenvalue weighted by atomic mass is 10.1. The second-order valence-electron chi connectivity index (χ2n) is 8.38. The van der Waals surface area contributed by atoms with E-state index in [9.17, 15) is 9.59 Å². The van der Waals surface area contributed by atoms with E-state index in [1.165, 1.54) is 12.7 Å². The van der Waals surface area contributed by atoms with Gasteiger partial charge >= 0.3 is 5.97 Å². The van der Waals surface area contributed by atoms with E-state index >= 15 is 0 Å². The number of rotatable bonds is 7. The molecule has 0 unspecified atom stereocenters. The lowest BCUT2D eigenvalue weighted by Crippen LogP contribution is -2.40. The minimum atomic E-state index is -0.450. The summed E-state index contributed by atoms with van der Waals surface area (Å²) in [5.41, 5.74) is 3.43. The summed E-state index contributed by atoms with van der Waals surface area (Å²) in [5, 5.41) is 4.58. The topological polar surface area (TPSA) is 83.7 Å². The van der Waals surface area contributed by atoms with Crippen molar-refractivity contribution in [3.63, 3.8) is 0 Å². The molecular weight excluding hydrogens is 450 g/mol. The van der Waals surface area contributed by atoms with Gasteiger partial charge in [-0.15, -0.1) is 0 Å². The number of methoxy groups -OCH3 is 1. The maximum absolute atomic E-state index is 12.9. The Hall–Kier alpha value is -3.23. The summed E-state index contributed by atoms with van der Waals surface area (Å²) < 4.78 is 10.7. The summed E-state index contributed by atoms with van der Waals surface area (Å²) in [4.78, 5) is 30.0. The van der Waals surface area contributed by atoms with Crippen LogP contribution in [0, 0.1) is 0 Å². The predicted octanol–water partition coefficient (Wildman–Crippen LogP) is 4.26. The van der Waals surface area contributed by atoms with E-state index in [2.05, 4.69) is 23.3 Å². The Morgan fingerprint density at radius 1 is 1.26 bits per heavy atom. The Balaban J connectivity index is 1.63. The molecule has 1 saturated heterocycles. The van der Waals surface area contributed by atoms with Crippen molar-refractivity contribution in [2.75, 3.05) is 25.6 Å². The predicted molar refractivity (Wildman–Crippen MR) is 137 cm³/mol. The Bertz CT molecular complexity index is 1250. The number of para-hydroxylation sites is 1. The Labute approximate surface area is 204 Å². The number of nitrogens with zero attached hydrogens (tertiary/aromatic N) is 1. The van der Waals surface area contributed by atoms with E-state index in [1.807, 2.05) is 29.2 Å². The molecular formula is C26H29N3O4S. The molecule has 3 aromatic rings. The third kappa shape index (κ3) is 5.46. The zero-order valence-corrected chi connectivity index (χ0v) is 20.2. The molecule has 1 aromatic heterocycles. The average molecular weight is 480 g/mol. The van der Waals surface area contributed by atoms with E-state index in [1.54, 1.807) is 18.2 Å². The number of anilines is 1. The molecule has 2 aromatic carbocycles. The van der Waals surface area contributed by atoms with E-state index < -0.39 is 5.97 Å². The SMILES string of the molecule is CCc1ccc2[nH]c(=O)c(CN(C[C@@H]3CCCO3)C(=S)Nc3ccccc3C(=O)OC)cc2c1. The number of hydrogen-bond acceptors (Lipinski definition) is 5. The van der Waals surface area contributed by atoms with Gasteiger partial charge in [0.1, 0.15) is 0 Å². The summed E-state index contributed by atoms with van der Waals surface area (Å²) in [5.74, 6) is -0.450.